The van der Waals surface area contributed by atoms with E-state index in [0.717, 1.165) is 37.5 Å². The van der Waals surface area contributed by atoms with Crippen molar-refractivity contribution in [2.24, 2.45) is 17.8 Å². The van der Waals surface area contributed by atoms with Crippen molar-refractivity contribution in [2.75, 3.05) is 52.5 Å². The Morgan fingerprint density at radius 1 is 1.21 bits per heavy atom. The van der Waals surface area contributed by atoms with Crippen LogP contribution in [0.1, 0.15) is 32.6 Å². The lowest BCUT2D eigenvalue weighted by Crippen LogP contribution is -2.51. The fourth-order valence-corrected chi connectivity index (χ4v) is 4.61. The topological polar surface area (TPSA) is 62.2 Å². The van der Waals surface area contributed by atoms with Gasteiger partial charge in [0.05, 0.1) is 19.3 Å². The van der Waals surface area contributed by atoms with Crippen molar-refractivity contribution < 1.29 is 19.4 Å². The Bertz CT molecular complexity index is 412. The fraction of sp³-hybridized carbons (Fsp3) is 0.944. The number of amides is 1. The molecule has 24 heavy (non-hydrogen) atoms. The molecule has 1 aliphatic heterocycles. The van der Waals surface area contributed by atoms with E-state index in [9.17, 15) is 9.90 Å². The van der Waals surface area contributed by atoms with Gasteiger partial charge in [-0.1, -0.05) is 6.42 Å². The second kappa shape index (κ2) is 8.50. The minimum atomic E-state index is -0.447. The summed E-state index contributed by atoms with van der Waals surface area (Å²) in [7, 11) is 0. The predicted octanol–water partition coefficient (Wildman–Crippen LogP) is 1.57. The van der Waals surface area contributed by atoms with Crippen molar-refractivity contribution in [3.63, 3.8) is 0 Å². The van der Waals surface area contributed by atoms with Gasteiger partial charge in [0.1, 0.15) is 0 Å². The Morgan fingerprint density at radius 2 is 2.00 bits per heavy atom. The highest BCUT2D eigenvalue weighted by atomic mass is 16.6. The van der Waals surface area contributed by atoms with Gasteiger partial charge >= 0.3 is 6.09 Å². The second-order valence-electron chi connectivity index (χ2n) is 7.61. The summed E-state index contributed by atoms with van der Waals surface area (Å²) < 4.78 is 10.8. The molecule has 2 aliphatic carbocycles. The maximum atomic E-state index is 11.7. The Labute approximate surface area is 145 Å². The summed E-state index contributed by atoms with van der Waals surface area (Å²) in [6, 6.07) is 0. The van der Waals surface area contributed by atoms with E-state index in [0.29, 0.717) is 32.8 Å². The number of aliphatic hydroxyl groups is 1. The molecule has 0 aromatic heterocycles. The Hall–Kier alpha value is -0.850. The van der Waals surface area contributed by atoms with E-state index in [1.54, 1.807) is 4.90 Å². The number of nitrogens with zero attached hydrogens (tertiary/aromatic N) is 2. The van der Waals surface area contributed by atoms with E-state index >= 15 is 0 Å². The molecule has 6 heteroatoms. The molecule has 3 fully saturated rings. The second-order valence-corrected chi connectivity index (χ2v) is 7.61. The number of rotatable bonds is 7. The number of carbonyl (C=O) groups excluding carboxylic acids is 1. The molecule has 0 aromatic carbocycles. The van der Waals surface area contributed by atoms with Gasteiger partial charge in [0.25, 0.3) is 0 Å². The maximum Gasteiger partial charge on any atom is 0.409 e. The average Bonchev–Trinajstić information content (AvgIpc) is 3.18. The summed E-state index contributed by atoms with van der Waals surface area (Å²) in [6.07, 6.45) is 4.86. The minimum absolute atomic E-state index is 0.230. The van der Waals surface area contributed by atoms with E-state index in [1.807, 2.05) is 6.92 Å². The first-order chi connectivity index (χ1) is 11.7. The number of β-amino-alcohol motifs (C(OH)–C–C–N with tert-alkyl or cyclic N) is 1. The van der Waals surface area contributed by atoms with E-state index in [1.165, 1.54) is 25.7 Å². The van der Waals surface area contributed by atoms with Crippen LogP contribution in [0.25, 0.3) is 0 Å². The first-order valence-electron chi connectivity index (χ1n) is 9.55. The van der Waals surface area contributed by atoms with E-state index in [-0.39, 0.29) is 6.09 Å². The van der Waals surface area contributed by atoms with Crippen LogP contribution in [0.2, 0.25) is 0 Å². The zero-order valence-corrected chi connectivity index (χ0v) is 14.9. The largest absolute Gasteiger partial charge is 0.450 e. The highest BCUT2D eigenvalue weighted by Crippen LogP contribution is 2.48. The van der Waals surface area contributed by atoms with E-state index < -0.39 is 6.10 Å². The van der Waals surface area contributed by atoms with Crippen LogP contribution < -0.4 is 0 Å². The highest BCUT2D eigenvalue weighted by Gasteiger charge is 2.39. The van der Waals surface area contributed by atoms with Crippen molar-refractivity contribution in [1.82, 2.24) is 9.80 Å². The fourth-order valence-electron chi connectivity index (χ4n) is 4.61. The van der Waals surface area contributed by atoms with Crippen molar-refractivity contribution in [3.05, 3.63) is 0 Å². The zero-order valence-electron chi connectivity index (χ0n) is 14.9. The van der Waals surface area contributed by atoms with Crippen LogP contribution in [0.15, 0.2) is 0 Å². The van der Waals surface area contributed by atoms with Gasteiger partial charge in [-0.25, -0.2) is 4.79 Å². The molecule has 138 valence electrons. The normalized spacial score (nSPS) is 31.4. The van der Waals surface area contributed by atoms with Crippen molar-refractivity contribution >= 4 is 6.09 Å². The lowest BCUT2D eigenvalue weighted by atomic mass is 9.90. The molecule has 0 unspecified atom stereocenters. The third-order valence-electron chi connectivity index (χ3n) is 5.89. The molecule has 2 bridgehead atoms. The molecular formula is C18H32N2O4. The molecule has 3 aliphatic rings. The number of carbonyl (C=O) groups is 1. The number of fused-ring (bicyclic) bond motifs is 2. The number of hydrogen-bond donors (Lipinski definition) is 1. The lowest BCUT2D eigenvalue weighted by Gasteiger charge is -2.35. The maximum absolute atomic E-state index is 11.7. The van der Waals surface area contributed by atoms with E-state index in [2.05, 4.69) is 4.90 Å². The molecule has 1 heterocycles. The highest BCUT2D eigenvalue weighted by molar-refractivity contribution is 5.67. The zero-order chi connectivity index (χ0) is 16.9. The van der Waals surface area contributed by atoms with Gasteiger partial charge in [0.2, 0.25) is 0 Å². The van der Waals surface area contributed by atoms with Gasteiger partial charge in [-0.15, -0.1) is 0 Å². The minimum Gasteiger partial charge on any atom is -0.450 e. The first-order valence-corrected chi connectivity index (χ1v) is 9.55. The molecule has 2 saturated carbocycles. The summed E-state index contributed by atoms with van der Waals surface area (Å²) in [5.41, 5.74) is 0. The summed E-state index contributed by atoms with van der Waals surface area (Å²) in [4.78, 5) is 15.6. The van der Waals surface area contributed by atoms with Gasteiger partial charge in [-0.3, -0.25) is 4.90 Å². The summed E-state index contributed by atoms with van der Waals surface area (Å²) in [5, 5.41) is 10.2. The van der Waals surface area contributed by atoms with E-state index in [4.69, 9.17) is 9.47 Å². The van der Waals surface area contributed by atoms with Gasteiger partial charge in [-0.05, 0) is 43.9 Å². The van der Waals surface area contributed by atoms with Crippen LogP contribution in [0, 0.1) is 17.8 Å². The molecule has 0 spiro atoms. The van der Waals surface area contributed by atoms with Gasteiger partial charge < -0.3 is 19.5 Å². The Morgan fingerprint density at radius 3 is 2.62 bits per heavy atom. The molecule has 6 nitrogen and oxygen atoms in total. The molecule has 4 atom stereocenters. The molecular weight excluding hydrogens is 308 g/mol. The average molecular weight is 340 g/mol. The van der Waals surface area contributed by atoms with Crippen LogP contribution in [0.4, 0.5) is 4.79 Å². The first kappa shape index (κ1) is 18.0. The Kier molecular flexibility index (Phi) is 6.36. The van der Waals surface area contributed by atoms with Crippen LogP contribution in [0.5, 0.6) is 0 Å². The van der Waals surface area contributed by atoms with Crippen LogP contribution in [-0.4, -0.2) is 79.6 Å². The van der Waals surface area contributed by atoms with Gasteiger partial charge in [0, 0.05) is 39.3 Å². The summed E-state index contributed by atoms with van der Waals surface area (Å²) >= 11 is 0. The number of aliphatic hydroxyl groups excluding tert-OH is 1. The van der Waals surface area contributed by atoms with Crippen LogP contribution in [0.3, 0.4) is 0 Å². The number of piperazine rings is 1. The summed E-state index contributed by atoms with van der Waals surface area (Å²) in [5.74, 6) is 2.55. The Balaban J connectivity index is 1.27. The predicted molar refractivity (Wildman–Crippen MR) is 90.8 cm³/mol. The molecule has 1 saturated heterocycles. The molecule has 1 amide bonds. The van der Waals surface area contributed by atoms with Crippen molar-refractivity contribution in [2.45, 2.75) is 38.7 Å². The number of hydrogen-bond acceptors (Lipinski definition) is 5. The quantitative estimate of drug-likeness (QED) is 0.762. The number of ether oxygens (including phenoxy) is 2. The van der Waals surface area contributed by atoms with Crippen molar-refractivity contribution in [1.29, 1.82) is 0 Å². The van der Waals surface area contributed by atoms with Crippen LogP contribution in [-0.2, 0) is 9.47 Å². The van der Waals surface area contributed by atoms with Crippen LogP contribution >= 0.6 is 0 Å². The molecule has 0 radical (unpaired) electrons. The van der Waals surface area contributed by atoms with Gasteiger partial charge in [-0.2, -0.15) is 0 Å². The smallest absolute Gasteiger partial charge is 0.409 e. The van der Waals surface area contributed by atoms with Crippen molar-refractivity contribution in [3.8, 4) is 0 Å². The lowest BCUT2D eigenvalue weighted by molar-refractivity contribution is -0.00854. The third-order valence-corrected chi connectivity index (χ3v) is 5.89. The SMILES string of the molecule is CCOC(=O)N1CCN(C[C@@H](O)COC[C@H]2C[C@H]3CC[C@H]2C3)CC1. The molecule has 1 N–H and O–H groups in total. The third kappa shape index (κ3) is 4.61. The van der Waals surface area contributed by atoms with Gasteiger partial charge in [0.15, 0.2) is 0 Å². The molecule has 3 rings (SSSR count). The standard InChI is InChI=1S/C18H32N2O4/c1-2-24-18(22)20-7-5-19(6-8-20)11-17(21)13-23-12-16-10-14-3-4-15(16)9-14/h14-17,21H,2-13H2,1H3/t14-,15-,16+,17+/m0/s1. The summed E-state index contributed by atoms with van der Waals surface area (Å²) in [6.45, 7) is 6.98. The monoisotopic (exact) mass is 340 g/mol. The molecule has 0 aromatic rings.